The van der Waals surface area contributed by atoms with Crippen molar-refractivity contribution in [2.75, 3.05) is 13.7 Å². The smallest absolute Gasteiger partial charge is 0.416 e. The third-order valence-electron chi connectivity index (χ3n) is 2.83. The molecule has 6 nitrogen and oxygen atoms in total. The summed E-state index contributed by atoms with van der Waals surface area (Å²) in [6.45, 7) is -0.0440. The first kappa shape index (κ1) is 17.1. The zero-order valence-electron chi connectivity index (χ0n) is 11.1. The SMILES string of the molecule is COc1cc(C(F)(F)F)ccc1C(O)C(O)CCN=[N+]=[N-]. The second-order valence-corrected chi connectivity index (χ2v) is 4.21. The molecule has 0 radical (unpaired) electrons. The summed E-state index contributed by atoms with van der Waals surface area (Å²) in [4.78, 5) is 2.49. The Kier molecular flexibility index (Phi) is 5.83. The molecule has 0 saturated carbocycles. The molecule has 116 valence electrons. The molecular weight excluding hydrogens is 291 g/mol. The Hall–Kier alpha value is -1.96. The van der Waals surface area contributed by atoms with Gasteiger partial charge >= 0.3 is 6.18 Å². The fourth-order valence-corrected chi connectivity index (χ4v) is 1.73. The molecule has 2 unspecified atom stereocenters. The standard InChI is InChI=1S/C12H14F3N3O3/c1-21-10-6-7(12(13,14)15)2-3-8(10)11(20)9(19)4-5-17-18-16/h2-3,6,9,11,19-20H,4-5H2,1H3. The molecule has 1 aromatic carbocycles. The van der Waals surface area contributed by atoms with Crippen molar-refractivity contribution in [3.05, 3.63) is 39.8 Å². The summed E-state index contributed by atoms with van der Waals surface area (Å²) >= 11 is 0. The minimum Gasteiger partial charge on any atom is -0.496 e. The summed E-state index contributed by atoms with van der Waals surface area (Å²) < 4.78 is 42.6. The first-order chi connectivity index (χ1) is 9.81. The largest absolute Gasteiger partial charge is 0.496 e. The first-order valence-corrected chi connectivity index (χ1v) is 5.93. The molecule has 2 N–H and O–H groups in total. The number of nitrogens with zero attached hydrogens (tertiary/aromatic N) is 3. The van der Waals surface area contributed by atoms with Crippen LogP contribution in [0, 0.1) is 0 Å². The molecule has 0 bridgehead atoms. The van der Waals surface area contributed by atoms with Gasteiger partial charge in [0, 0.05) is 17.0 Å². The Morgan fingerprint density at radius 2 is 2.05 bits per heavy atom. The average Bonchev–Trinajstić information content (AvgIpc) is 2.45. The van der Waals surface area contributed by atoms with Crippen molar-refractivity contribution in [1.82, 2.24) is 0 Å². The highest BCUT2D eigenvalue weighted by atomic mass is 19.4. The van der Waals surface area contributed by atoms with Crippen molar-refractivity contribution in [2.24, 2.45) is 5.11 Å². The van der Waals surface area contributed by atoms with Crippen LogP contribution in [-0.2, 0) is 6.18 Å². The van der Waals surface area contributed by atoms with Crippen LogP contribution in [-0.4, -0.2) is 30.0 Å². The molecule has 1 aromatic rings. The molecule has 2 atom stereocenters. The fourth-order valence-electron chi connectivity index (χ4n) is 1.73. The highest BCUT2D eigenvalue weighted by Crippen LogP contribution is 2.36. The van der Waals surface area contributed by atoms with Crippen molar-refractivity contribution in [1.29, 1.82) is 0 Å². The normalized spacial score (nSPS) is 14.2. The predicted molar refractivity (Wildman–Crippen MR) is 67.6 cm³/mol. The van der Waals surface area contributed by atoms with Crippen LogP contribution in [0.3, 0.4) is 0 Å². The van der Waals surface area contributed by atoms with Crippen molar-refractivity contribution >= 4 is 0 Å². The van der Waals surface area contributed by atoms with Gasteiger partial charge in [-0.3, -0.25) is 0 Å². The second-order valence-electron chi connectivity index (χ2n) is 4.21. The Morgan fingerprint density at radius 1 is 1.38 bits per heavy atom. The van der Waals surface area contributed by atoms with Gasteiger partial charge in [0.2, 0.25) is 0 Å². The van der Waals surface area contributed by atoms with Gasteiger partial charge in [0.05, 0.1) is 18.8 Å². The monoisotopic (exact) mass is 305 g/mol. The number of hydrogen-bond acceptors (Lipinski definition) is 4. The van der Waals surface area contributed by atoms with Gasteiger partial charge in [0.25, 0.3) is 0 Å². The van der Waals surface area contributed by atoms with E-state index in [0.29, 0.717) is 0 Å². The van der Waals surface area contributed by atoms with Gasteiger partial charge in [-0.05, 0) is 24.1 Å². The molecule has 0 saturated heterocycles. The minimum atomic E-state index is -4.53. The first-order valence-electron chi connectivity index (χ1n) is 5.93. The van der Waals surface area contributed by atoms with E-state index >= 15 is 0 Å². The van der Waals surface area contributed by atoms with Crippen molar-refractivity contribution in [3.8, 4) is 5.75 Å². The number of halogens is 3. The lowest BCUT2D eigenvalue weighted by atomic mass is 9.99. The highest BCUT2D eigenvalue weighted by Gasteiger charge is 2.32. The lowest BCUT2D eigenvalue weighted by Crippen LogP contribution is -2.20. The molecule has 0 heterocycles. The number of hydrogen-bond donors (Lipinski definition) is 2. The van der Waals surface area contributed by atoms with Crippen LogP contribution < -0.4 is 4.74 Å². The number of benzene rings is 1. The van der Waals surface area contributed by atoms with Gasteiger partial charge in [0.15, 0.2) is 0 Å². The fraction of sp³-hybridized carbons (Fsp3) is 0.500. The van der Waals surface area contributed by atoms with E-state index in [4.69, 9.17) is 10.3 Å². The lowest BCUT2D eigenvalue weighted by Gasteiger charge is -2.20. The summed E-state index contributed by atoms with van der Waals surface area (Å²) in [5.41, 5.74) is 7.22. The molecule has 1 rings (SSSR count). The molecule has 0 aromatic heterocycles. The van der Waals surface area contributed by atoms with Crippen LogP contribution >= 0.6 is 0 Å². The quantitative estimate of drug-likeness (QED) is 0.480. The molecule has 0 aliphatic heterocycles. The third-order valence-corrected chi connectivity index (χ3v) is 2.83. The molecular formula is C12H14F3N3O3. The maximum Gasteiger partial charge on any atom is 0.416 e. The van der Waals surface area contributed by atoms with Crippen molar-refractivity contribution < 1.29 is 28.1 Å². The molecule has 0 aliphatic carbocycles. The Bertz CT molecular complexity index is 530. The Balaban J connectivity index is 2.98. The van der Waals surface area contributed by atoms with Crippen LogP contribution in [0.2, 0.25) is 0 Å². The van der Waals surface area contributed by atoms with Gasteiger partial charge in [-0.15, -0.1) is 0 Å². The van der Waals surface area contributed by atoms with Gasteiger partial charge in [-0.1, -0.05) is 11.2 Å². The Labute approximate surface area is 118 Å². The van der Waals surface area contributed by atoms with Gasteiger partial charge < -0.3 is 14.9 Å². The number of aliphatic hydroxyl groups excluding tert-OH is 2. The summed E-state index contributed by atoms with van der Waals surface area (Å²) in [5.74, 6) is -0.180. The van der Waals surface area contributed by atoms with E-state index in [0.717, 1.165) is 25.3 Å². The number of alkyl halides is 3. The van der Waals surface area contributed by atoms with E-state index in [1.807, 2.05) is 0 Å². The van der Waals surface area contributed by atoms with Crippen LogP contribution in [0.15, 0.2) is 23.3 Å². The summed E-state index contributed by atoms with van der Waals surface area (Å²) in [6, 6.07) is 2.59. The second kappa shape index (κ2) is 7.16. The number of aliphatic hydroxyl groups is 2. The molecule has 0 amide bonds. The third kappa shape index (κ3) is 4.52. The van der Waals surface area contributed by atoms with E-state index in [1.54, 1.807) is 0 Å². The zero-order valence-corrected chi connectivity index (χ0v) is 11.1. The van der Waals surface area contributed by atoms with Gasteiger partial charge in [-0.25, -0.2) is 0 Å². The van der Waals surface area contributed by atoms with E-state index in [9.17, 15) is 23.4 Å². The molecule has 21 heavy (non-hydrogen) atoms. The number of azide groups is 1. The molecule has 0 aliphatic rings. The average molecular weight is 305 g/mol. The van der Waals surface area contributed by atoms with Crippen LogP contribution in [0.1, 0.15) is 23.7 Å². The van der Waals surface area contributed by atoms with E-state index in [1.165, 1.54) is 0 Å². The van der Waals surface area contributed by atoms with Crippen molar-refractivity contribution in [3.63, 3.8) is 0 Å². The lowest BCUT2D eigenvalue weighted by molar-refractivity contribution is -0.137. The van der Waals surface area contributed by atoms with Gasteiger partial charge in [-0.2, -0.15) is 13.2 Å². The predicted octanol–water partition coefficient (Wildman–Crippen LogP) is 2.81. The zero-order chi connectivity index (χ0) is 16.0. The van der Waals surface area contributed by atoms with E-state index < -0.39 is 23.9 Å². The van der Waals surface area contributed by atoms with Crippen molar-refractivity contribution in [2.45, 2.75) is 24.8 Å². The Morgan fingerprint density at radius 3 is 2.57 bits per heavy atom. The molecule has 9 heteroatoms. The number of methoxy groups -OCH3 is 1. The van der Waals surface area contributed by atoms with E-state index in [-0.39, 0.29) is 24.3 Å². The van der Waals surface area contributed by atoms with Crippen LogP contribution in [0.5, 0.6) is 5.75 Å². The van der Waals surface area contributed by atoms with Crippen LogP contribution in [0.25, 0.3) is 10.4 Å². The van der Waals surface area contributed by atoms with Gasteiger partial charge in [0.1, 0.15) is 11.9 Å². The van der Waals surface area contributed by atoms with E-state index in [2.05, 4.69) is 10.0 Å². The number of ether oxygens (including phenoxy) is 1. The summed E-state index contributed by atoms with van der Waals surface area (Å²) in [5, 5.41) is 22.9. The molecule has 0 fully saturated rings. The molecule has 0 spiro atoms. The summed E-state index contributed by atoms with van der Waals surface area (Å²) in [6.07, 6.45) is -7.30. The van der Waals surface area contributed by atoms with Crippen LogP contribution in [0.4, 0.5) is 13.2 Å². The summed E-state index contributed by atoms with van der Waals surface area (Å²) in [7, 11) is 1.16. The maximum absolute atomic E-state index is 12.6. The maximum atomic E-state index is 12.6. The minimum absolute atomic E-state index is 0.0268. The topological polar surface area (TPSA) is 98.5 Å². The highest BCUT2D eigenvalue weighted by molar-refractivity contribution is 5.40. The number of rotatable bonds is 6.